The number of thiazole rings is 1. The second kappa shape index (κ2) is 8.10. The summed E-state index contributed by atoms with van der Waals surface area (Å²) < 4.78 is 1.84. The third-order valence-corrected chi connectivity index (χ3v) is 6.40. The van der Waals surface area contributed by atoms with Crippen molar-refractivity contribution >= 4 is 45.3 Å². The lowest BCUT2D eigenvalue weighted by atomic mass is 10.0. The maximum Gasteiger partial charge on any atom is 0.211 e. The standard InChI is InChI=1S/C24H17N3OS2/c28-22-13-12-17-7-4-5-10-19(17)20(22)15-25-27-21(23-11-6-14-29-23)16-30-24(27)26-18-8-2-1-3-9-18/h1-16,28H. The van der Waals surface area contributed by atoms with Crippen molar-refractivity contribution in [2.24, 2.45) is 10.1 Å². The fourth-order valence-corrected chi connectivity index (χ4v) is 4.88. The molecule has 0 bridgehead atoms. The van der Waals surface area contributed by atoms with Gasteiger partial charge in [-0.2, -0.15) is 5.10 Å². The zero-order valence-electron chi connectivity index (χ0n) is 15.8. The molecule has 0 aliphatic rings. The average Bonchev–Trinajstić information content (AvgIpc) is 3.44. The molecule has 0 aliphatic heterocycles. The van der Waals surface area contributed by atoms with Crippen LogP contribution in [0.5, 0.6) is 5.75 Å². The van der Waals surface area contributed by atoms with Gasteiger partial charge in [-0.05, 0) is 40.4 Å². The SMILES string of the molecule is Oc1ccc2ccccc2c1C=Nn1c(-c2cccs2)csc1=Nc1ccccc1. The smallest absolute Gasteiger partial charge is 0.211 e. The van der Waals surface area contributed by atoms with Crippen molar-refractivity contribution in [3.05, 3.63) is 100.0 Å². The number of nitrogens with zero attached hydrogens (tertiary/aromatic N) is 3. The summed E-state index contributed by atoms with van der Waals surface area (Å²) in [5, 5.41) is 21.4. The van der Waals surface area contributed by atoms with E-state index < -0.39 is 0 Å². The van der Waals surface area contributed by atoms with E-state index >= 15 is 0 Å². The molecule has 146 valence electrons. The summed E-state index contributed by atoms with van der Waals surface area (Å²) in [7, 11) is 0. The summed E-state index contributed by atoms with van der Waals surface area (Å²) in [6, 6.07) is 25.5. The number of aromatic hydroxyl groups is 1. The van der Waals surface area contributed by atoms with Gasteiger partial charge >= 0.3 is 0 Å². The Morgan fingerprint density at radius 2 is 1.67 bits per heavy atom. The van der Waals surface area contributed by atoms with E-state index in [2.05, 4.69) is 11.4 Å². The van der Waals surface area contributed by atoms with E-state index in [9.17, 15) is 5.11 Å². The van der Waals surface area contributed by atoms with Gasteiger partial charge in [-0.3, -0.25) is 0 Å². The molecule has 0 fully saturated rings. The number of phenolic OH excluding ortho intramolecular Hbond substituents is 1. The van der Waals surface area contributed by atoms with Crippen LogP contribution in [0.15, 0.2) is 99.7 Å². The highest BCUT2D eigenvalue weighted by Gasteiger charge is 2.10. The Balaban J connectivity index is 1.68. The lowest BCUT2D eigenvalue weighted by Crippen LogP contribution is -2.11. The monoisotopic (exact) mass is 427 g/mol. The van der Waals surface area contributed by atoms with Crippen molar-refractivity contribution in [1.29, 1.82) is 0 Å². The zero-order valence-corrected chi connectivity index (χ0v) is 17.5. The van der Waals surface area contributed by atoms with Gasteiger partial charge in [0.2, 0.25) is 4.80 Å². The van der Waals surface area contributed by atoms with Crippen molar-refractivity contribution in [1.82, 2.24) is 4.68 Å². The topological polar surface area (TPSA) is 49.9 Å². The van der Waals surface area contributed by atoms with E-state index in [4.69, 9.17) is 10.1 Å². The molecular weight excluding hydrogens is 410 g/mol. The van der Waals surface area contributed by atoms with Gasteiger partial charge in [-0.25, -0.2) is 9.67 Å². The van der Waals surface area contributed by atoms with E-state index in [1.165, 1.54) is 11.3 Å². The molecule has 5 aromatic rings. The molecule has 3 aromatic carbocycles. The maximum atomic E-state index is 10.5. The minimum atomic E-state index is 0.201. The molecule has 0 atom stereocenters. The van der Waals surface area contributed by atoms with Gasteiger partial charge in [0.1, 0.15) is 5.75 Å². The van der Waals surface area contributed by atoms with Crippen LogP contribution in [0, 0.1) is 0 Å². The van der Waals surface area contributed by atoms with Gasteiger partial charge in [0, 0.05) is 10.9 Å². The van der Waals surface area contributed by atoms with Gasteiger partial charge in [-0.1, -0.05) is 54.6 Å². The van der Waals surface area contributed by atoms with E-state index in [0.717, 1.165) is 31.8 Å². The van der Waals surface area contributed by atoms with Crippen LogP contribution in [-0.2, 0) is 0 Å². The highest BCUT2D eigenvalue weighted by molar-refractivity contribution is 7.14. The predicted molar refractivity (Wildman–Crippen MR) is 126 cm³/mol. The number of rotatable bonds is 4. The number of thiophene rings is 1. The Labute approximate surface area is 181 Å². The number of hydrogen-bond acceptors (Lipinski definition) is 5. The Morgan fingerprint density at radius 3 is 2.50 bits per heavy atom. The average molecular weight is 428 g/mol. The number of benzene rings is 3. The molecule has 0 saturated carbocycles. The molecule has 2 aromatic heterocycles. The molecule has 0 radical (unpaired) electrons. The van der Waals surface area contributed by atoms with E-state index in [1.807, 2.05) is 76.8 Å². The van der Waals surface area contributed by atoms with E-state index in [-0.39, 0.29) is 5.75 Å². The van der Waals surface area contributed by atoms with Crippen LogP contribution in [-0.4, -0.2) is 16.0 Å². The van der Waals surface area contributed by atoms with Crippen molar-refractivity contribution in [2.45, 2.75) is 0 Å². The molecule has 4 nitrogen and oxygen atoms in total. The second-order valence-corrected chi connectivity index (χ2v) is 8.39. The molecule has 1 N–H and O–H groups in total. The first-order chi connectivity index (χ1) is 14.8. The minimum Gasteiger partial charge on any atom is -0.507 e. The lowest BCUT2D eigenvalue weighted by Gasteiger charge is -2.05. The first kappa shape index (κ1) is 18.5. The third kappa shape index (κ3) is 3.58. The molecule has 30 heavy (non-hydrogen) atoms. The number of hydrogen-bond donors (Lipinski definition) is 1. The quantitative estimate of drug-likeness (QED) is 0.339. The summed E-state index contributed by atoms with van der Waals surface area (Å²) >= 11 is 3.20. The van der Waals surface area contributed by atoms with Gasteiger partial charge in [0.25, 0.3) is 0 Å². The summed E-state index contributed by atoms with van der Waals surface area (Å²) in [6.45, 7) is 0. The molecule has 6 heteroatoms. The molecule has 0 spiro atoms. The molecule has 0 unspecified atom stereocenters. The largest absolute Gasteiger partial charge is 0.507 e. The number of phenols is 1. The summed E-state index contributed by atoms with van der Waals surface area (Å²) in [4.78, 5) is 6.65. The van der Waals surface area contributed by atoms with Gasteiger partial charge in [-0.15, -0.1) is 22.7 Å². The van der Waals surface area contributed by atoms with E-state index in [0.29, 0.717) is 5.56 Å². The molecule has 5 rings (SSSR count). The van der Waals surface area contributed by atoms with Crippen LogP contribution in [0.4, 0.5) is 5.69 Å². The van der Waals surface area contributed by atoms with Gasteiger partial charge in [0.15, 0.2) is 0 Å². The highest BCUT2D eigenvalue weighted by atomic mass is 32.1. The van der Waals surface area contributed by atoms with Crippen LogP contribution in [0.2, 0.25) is 0 Å². The fraction of sp³-hybridized carbons (Fsp3) is 0. The van der Waals surface area contributed by atoms with Crippen molar-refractivity contribution < 1.29 is 5.11 Å². The molecular formula is C24H17N3OS2. The number of para-hydroxylation sites is 1. The first-order valence-electron chi connectivity index (χ1n) is 9.39. The zero-order chi connectivity index (χ0) is 20.3. The molecule has 2 heterocycles. The van der Waals surface area contributed by atoms with Crippen LogP contribution in [0.3, 0.4) is 0 Å². The van der Waals surface area contributed by atoms with Crippen molar-refractivity contribution in [2.75, 3.05) is 0 Å². The lowest BCUT2D eigenvalue weighted by molar-refractivity contribution is 0.475. The highest BCUT2D eigenvalue weighted by Crippen LogP contribution is 2.27. The summed E-state index contributed by atoms with van der Waals surface area (Å²) in [5.74, 6) is 0.201. The fourth-order valence-electron chi connectivity index (χ4n) is 3.23. The number of fused-ring (bicyclic) bond motifs is 1. The normalized spacial score (nSPS) is 12.2. The Bertz CT molecular complexity index is 1400. The van der Waals surface area contributed by atoms with E-state index in [1.54, 1.807) is 23.6 Å². The third-order valence-electron chi connectivity index (χ3n) is 4.69. The molecule has 0 aliphatic carbocycles. The first-order valence-corrected chi connectivity index (χ1v) is 11.1. The van der Waals surface area contributed by atoms with Crippen LogP contribution < -0.4 is 4.80 Å². The maximum absolute atomic E-state index is 10.5. The molecule has 0 amide bonds. The minimum absolute atomic E-state index is 0.201. The predicted octanol–water partition coefficient (Wildman–Crippen LogP) is 6.25. The van der Waals surface area contributed by atoms with Crippen molar-refractivity contribution in [3.8, 4) is 16.3 Å². The summed E-state index contributed by atoms with van der Waals surface area (Å²) in [5.41, 5.74) is 2.53. The van der Waals surface area contributed by atoms with Gasteiger partial charge in [0.05, 0.1) is 22.5 Å². The van der Waals surface area contributed by atoms with Gasteiger partial charge < -0.3 is 5.11 Å². The summed E-state index contributed by atoms with van der Waals surface area (Å²) in [6.07, 6.45) is 1.71. The Kier molecular flexibility index (Phi) is 5.01. The molecule has 0 saturated heterocycles. The van der Waals surface area contributed by atoms with Crippen LogP contribution >= 0.6 is 22.7 Å². The van der Waals surface area contributed by atoms with Crippen molar-refractivity contribution in [3.63, 3.8) is 0 Å². The second-order valence-electron chi connectivity index (χ2n) is 6.60. The Hall–Kier alpha value is -3.48. The van der Waals surface area contributed by atoms with Crippen LogP contribution in [0.25, 0.3) is 21.3 Å². The number of aromatic nitrogens is 1. The van der Waals surface area contributed by atoms with Crippen LogP contribution in [0.1, 0.15) is 5.56 Å². The Morgan fingerprint density at radius 1 is 0.833 bits per heavy atom.